The van der Waals surface area contributed by atoms with E-state index in [1.807, 2.05) is 30.3 Å². The first-order valence-corrected chi connectivity index (χ1v) is 12.7. The molecule has 1 fully saturated rings. The van der Waals surface area contributed by atoms with Crippen molar-refractivity contribution in [3.05, 3.63) is 82.9 Å². The zero-order valence-corrected chi connectivity index (χ0v) is 22.2. The minimum atomic E-state index is -4.98. The highest BCUT2D eigenvalue weighted by Crippen LogP contribution is 2.38. The van der Waals surface area contributed by atoms with E-state index in [2.05, 4.69) is 34.1 Å². The fourth-order valence-electron chi connectivity index (χ4n) is 5.31. The van der Waals surface area contributed by atoms with Gasteiger partial charge < -0.3 is 14.7 Å². The van der Waals surface area contributed by atoms with E-state index >= 15 is 4.39 Å². The summed E-state index contributed by atoms with van der Waals surface area (Å²) in [5, 5.41) is 5.14. The molecular weight excluding hydrogens is 513 g/mol. The Hall–Kier alpha value is -3.66. The third kappa shape index (κ3) is 5.05. The van der Waals surface area contributed by atoms with E-state index in [-0.39, 0.29) is 6.04 Å². The summed E-state index contributed by atoms with van der Waals surface area (Å²) >= 11 is 0. The highest BCUT2D eigenvalue weighted by atomic mass is 19.4. The maximum Gasteiger partial charge on any atom is 0.419 e. The first-order chi connectivity index (χ1) is 18.5. The average Bonchev–Trinajstić information content (AvgIpc) is 3.26. The molecule has 5 nitrogen and oxygen atoms in total. The summed E-state index contributed by atoms with van der Waals surface area (Å²) < 4.78 is 71.5. The van der Waals surface area contributed by atoms with Crippen LogP contribution in [-0.4, -0.2) is 61.5 Å². The molecule has 1 aliphatic heterocycles. The molecule has 1 aromatic heterocycles. The van der Waals surface area contributed by atoms with Crippen molar-refractivity contribution < 1.29 is 22.0 Å². The van der Waals surface area contributed by atoms with Gasteiger partial charge in [0.2, 0.25) is 0 Å². The van der Waals surface area contributed by atoms with E-state index in [0.29, 0.717) is 22.8 Å². The predicted octanol–water partition coefficient (Wildman–Crippen LogP) is 6.06. The molecule has 0 radical (unpaired) electrons. The van der Waals surface area contributed by atoms with Gasteiger partial charge in [-0.1, -0.05) is 30.3 Å². The second-order valence-electron chi connectivity index (χ2n) is 10.3. The van der Waals surface area contributed by atoms with Crippen LogP contribution in [0.4, 0.5) is 33.5 Å². The van der Waals surface area contributed by atoms with Crippen LogP contribution in [0.5, 0.6) is 0 Å². The van der Waals surface area contributed by atoms with Crippen molar-refractivity contribution in [1.82, 2.24) is 14.7 Å². The molecule has 3 aromatic carbocycles. The smallest absolute Gasteiger partial charge is 0.366 e. The minimum absolute atomic E-state index is 0.202. The molecule has 5 rings (SSSR count). The van der Waals surface area contributed by atoms with Gasteiger partial charge in [-0.05, 0) is 50.2 Å². The summed E-state index contributed by atoms with van der Waals surface area (Å²) in [5.41, 5.74) is -0.0704. The second-order valence-corrected chi connectivity index (χ2v) is 10.3. The number of piperazine rings is 1. The Bertz CT molecular complexity index is 1500. The molecule has 0 N–H and O–H groups in total. The van der Waals surface area contributed by atoms with Crippen molar-refractivity contribution in [2.45, 2.75) is 25.6 Å². The van der Waals surface area contributed by atoms with E-state index in [4.69, 9.17) is 0 Å². The number of hydrogen-bond donors (Lipinski definition) is 0. The quantitative estimate of drug-likeness (QED) is 0.286. The van der Waals surface area contributed by atoms with Crippen molar-refractivity contribution in [2.75, 3.05) is 50.6 Å². The van der Waals surface area contributed by atoms with E-state index in [9.17, 15) is 17.6 Å². The van der Waals surface area contributed by atoms with Crippen molar-refractivity contribution in [3.63, 3.8) is 0 Å². The largest absolute Gasteiger partial charge is 0.419 e. The number of likely N-dealkylation sites (N-methyl/N-ethyl adjacent to an activating group) is 1. The van der Waals surface area contributed by atoms with Gasteiger partial charge in [-0.2, -0.15) is 13.2 Å². The summed E-state index contributed by atoms with van der Waals surface area (Å²) in [7, 11) is 5.63. The molecule has 0 saturated carbocycles. The molecule has 0 spiro atoms. The summed E-state index contributed by atoms with van der Waals surface area (Å²) in [5.74, 6) is -2.23. The summed E-state index contributed by atoms with van der Waals surface area (Å²) in [6.07, 6.45) is -4.13. The molecule has 1 saturated heterocycles. The lowest BCUT2D eigenvalue weighted by Crippen LogP contribution is -2.53. The second kappa shape index (κ2) is 10.1. The van der Waals surface area contributed by atoms with Crippen molar-refractivity contribution in [1.29, 1.82) is 0 Å². The molecule has 1 unspecified atom stereocenters. The highest BCUT2D eigenvalue weighted by Gasteiger charge is 2.37. The normalized spacial score (nSPS) is 16.7. The van der Waals surface area contributed by atoms with Crippen molar-refractivity contribution in [3.8, 4) is 5.69 Å². The Labute approximate surface area is 224 Å². The van der Waals surface area contributed by atoms with Crippen LogP contribution in [0.3, 0.4) is 0 Å². The summed E-state index contributed by atoms with van der Waals surface area (Å²) in [4.78, 5) is 6.37. The summed E-state index contributed by atoms with van der Waals surface area (Å²) in [6, 6.07) is 16.5. The van der Waals surface area contributed by atoms with Crippen LogP contribution in [0, 0.1) is 18.6 Å². The number of hydrogen-bond acceptors (Lipinski definition) is 4. The highest BCUT2D eigenvalue weighted by molar-refractivity contribution is 5.94. The van der Waals surface area contributed by atoms with Crippen LogP contribution in [0.25, 0.3) is 16.6 Å². The first-order valence-electron chi connectivity index (χ1n) is 12.7. The fraction of sp³-hybridized carbons (Fsp3) is 0.345. The minimum Gasteiger partial charge on any atom is -0.366 e. The number of anilines is 2. The Balaban J connectivity index is 1.62. The van der Waals surface area contributed by atoms with Crippen LogP contribution in [0.15, 0.2) is 54.6 Å². The van der Waals surface area contributed by atoms with E-state index in [0.717, 1.165) is 43.3 Å². The molecule has 10 heteroatoms. The maximum atomic E-state index is 15.2. The van der Waals surface area contributed by atoms with Gasteiger partial charge >= 0.3 is 6.18 Å². The van der Waals surface area contributed by atoms with Gasteiger partial charge in [0.1, 0.15) is 11.5 Å². The predicted molar refractivity (Wildman–Crippen MR) is 144 cm³/mol. The number of benzene rings is 3. The average molecular weight is 544 g/mol. The molecule has 0 aliphatic carbocycles. The Morgan fingerprint density at radius 3 is 2.36 bits per heavy atom. The topological polar surface area (TPSA) is 27.5 Å². The van der Waals surface area contributed by atoms with E-state index in [1.54, 1.807) is 25.1 Å². The van der Waals surface area contributed by atoms with Gasteiger partial charge in [0.25, 0.3) is 0 Å². The Kier molecular flexibility index (Phi) is 7.00. The zero-order valence-electron chi connectivity index (χ0n) is 22.2. The van der Waals surface area contributed by atoms with E-state index in [1.165, 1.54) is 5.56 Å². The molecule has 1 aliphatic rings. The van der Waals surface area contributed by atoms with Crippen LogP contribution in [0.2, 0.25) is 0 Å². The summed E-state index contributed by atoms with van der Waals surface area (Å²) in [6.45, 7) is 3.54. The maximum absolute atomic E-state index is 15.2. The Morgan fingerprint density at radius 2 is 1.69 bits per heavy atom. The number of halogens is 5. The molecule has 2 heterocycles. The fourth-order valence-corrected chi connectivity index (χ4v) is 5.31. The lowest BCUT2D eigenvalue weighted by molar-refractivity contribution is -0.140. The molecule has 0 bridgehead atoms. The lowest BCUT2D eigenvalue weighted by Gasteiger charge is -2.42. The molecule has 1 atom stereocenters. The van der Waals surface area contributed by atoms with Gasteiger partial charge in [-0.25, -0.2) is 13.5 Å². The first kappa shape index (κ1) is 26.9. The third-order valence-electron chi connectivity index (χ3n) is 7.33. The van der Waals surface area contributed by atoms with Crippen LogP contribution < -0.4 is 9.80 Å². The van der Waals surface area contributed by atoms with Gasteiger partial charge in [0.05, 0.1) is 11.1 Å². The van der Waals surface area contributed by atoms with Crippen LogP contribution in [0.1, 0.15) is 16.7 Å². The molecule has 4 aromatic rings. The number of nitrogens with zero attached hydrogens (tertiary/aromatic N) is 5. The lowest BCUT2D eigenvalue weighted by atomic mass is 10.0. The SMILES string of the molecule is Cc1c(F)c(-n2nc(N(C)C)c3cc(N4CCN(C)CC4Cc4ccccc4)ccc32)cc(C(F)(F)F)c1F. The molecule has 39 heavy (non-hydrogen) atoms. The number of fused-ring (bicyclic) bond motifs is 1. The Morgan fingerprint density at radius 1 is 0.974 bits per heavy atom. The van der Waals surface area contributed by atoms with Gasteiger partial charge in [-0.15, -0.1) is 5.10 Å². The van der Waals surface area contributed by atoms with Gasteiger partial charge in [0, 0.05) is 56.4 Å². The zero-order chi connectivity index (χ0) is 28.1. The van der Waals surface area contributed by atoms with Gasteiger partial charge in [0.15, 0.2) is 11.6 Å². The molecule has 0 amide bonds. The number of aromatic nitrogens is 2. The van der Waals surface area contributed by atoms with Gasteiger partial charge in [-0.3, -0.25) is 0 Å². The third-order valence-corrected chi connectivity index (χ3v) is 7.33. The van der Waals surface area contributed by atoms with Crippen molar-refractivity contribution in [2.24, 2.45) is 0 Å². The molecular formula is C29H30F5N5. The standard InChI is InChI=1S/C29H30F5N5/c1-18-26(30)23(29(32,33)34)16-25(27(18)31)39-24-11-10-20(15-22(24)28(35-39)36(2)3)38-13-12-37(4)17-21(38)14-19-8-6-5-7-9-19/h5-11,15-16,21H,12-14,17H2,1-4H3. The van der Waals surface area contributed by atoms with Crippen molar-refractivity contribution >= 4 is 22.4 Å². The van der Waals surface area contributed by atoms with E-state index < -0.39 is 34.6 Å². The molecule has 206 valence electrons. The number of rotatable bonds is 5. The monoisotopic (exact) mass is 543 g/mol. The van der Waals surface area contributed by atoms with Crippen LogP contribution in [-0.2, 0) is 12.6 Å². The van der Waals surface area contributed by atoms with Crippen LogP contribution >= 0.6 is 0 Å². The number of alkyl halides is 3.